The number of carbonyl (C=O) groups excluding carboxylic acids is 1. The Morgan fingerprint density at radius 3 is 2.80 bits per heavy atom. The van der Waals surface area contributed by atoms with Crippen LogP contribution in [0.5, 0.6) is 5.75 Å². The van der Waals surface area contributed by atoms with Crippen LogP contribution >= 0.6 is 0 Å². The first-order valence-corrected chi connectivity index (χ1v) is 7.14. The standard InChI is InChI=1S/C16H24N2O2/c1-16(2,3)11-12(17)10-15(19)18-8-9-20-14-7-5-4-6-13(14)18/h4-7,12H,8-11,17H2,1-3H3. The van der Waals surface area contributed by atoms with E-state index in [1.54, 1.807) is 4.90 Å². The number of fused-ring (bicyclic) bond motifs is 1. The van der Waals surface area contributed by atoms with Gasteiger partial charge in [0.15, 0.2) is 0 Å². The van der Waals surface area contributed by atoms with E-state index in [1.807, 2.05) is 24.3 Å². The summed E-state index contributed by atoms with van der Waals surface area (Å²) in [4.78, 5) is 14.2. The zero-order valence-corrected chi connectivity index (χ0v) is 12.6. The van der Waals surface area contributed by atoms with Gasteiger partial charge in [-0.1, -0.05) is 32.9 Å². The van der Waals surface area contributed by atoms with Gasteiger partial charge in [0.25, 0.3) is 0 Å². The van der Waals surface area contributed by atoms with Crippen LogP contribution in [0, 0.1) is 5.41 Å². The van der Waals surface area contributed by atoms with E-state index < -0.39 is 0 Å². The van der Waals surface area contributed by atoms with Crippen LogP contribution in [-0.4, -0.2) is 25.1 Å². The van der Waals surface area contributed by atoms with Gasteiger partial charge < -0.3 is 15.4 Å². The second-order valence-electron chi connectivity index (χ2n) is 6.59. The van der Waals surface area contributed by atoms with Crippen molar-refractivity contribution >= 4 is 11.6 Å². The molecule has 1 atom stereocenters. The monoisotopic (exact) mass is 276 g/mol. The van der Waals surface area contributed by atoms with Gasteiger partial charge in [0, 0.05) is 12.5 Å². The molecule has 1 aliphatic heterocycles. The van der Waals surface area contributed by atoms with Crippen molar-refractivity contribution in [2.24, 2.45) is 11.1 Å². The van der Waals surface area contributed by atoms with Crippen LogP contribution in [0.15, 0.2) is 24.3 Å². The molecular weight excluding hydrogens is 252 g/mol. The third kappa shape index (κ3) is 3.73. The molecule has 20 heavy (non-hydrogen) atoms. The van der Waals surface area contributed by atoms with E-state index in [0.29, 0.717) is 19.6 Å². The number of benzene rings is 1. The summed E-state index contributed by atoms with van der Waals surface area (Å²) >= 11 is 0. The maximum absolute atomic E-state index is 12.4. The molecule has 1 aliphatic rings. The molecule has 0 radical (unpaired) electrons. The van der Waals surface area contributed by atoms with Crippen molar-refractivity contribution in [3.05, 3.63) is 24.3 Å². The lowest BCUT2D eigenvalue weighted by molar-refractivity contribution is -0.119. The lowest BCUT2D eigenvalue weighted by atomic mass is 9.87. The summed E-state index contributed by atoms with van der Waals surface area (Å²) in [6.45, 7) is 7.56. The minimum Gasteiger partial charge on any atom is -0.490 e. The summed E-state index contributed by atoms with van der Waals surface area (Å²) in [6.07, 6.45) is 1.22. The molecule has 1 aromatic rings. The molecule has 1 heterocycles. The van der Waals surface area contributed by atoms with Crippen LogP contribution in [0.1, 0.15) is 33.6 Å². The van der Waals surface area contributed by atoms with Crippen molar-refractivity contribution in [3.8, 4) is 5.75 Å². The van der Waals surface area contributed by atoms with Gasteiger partial charge >= 0.3 is 0 Å². The first-order chi connectivity index (χ1) is 9.37. The number of hydrogen-bond donors (Lipinski definition) is 1. The van der Waals surface area contributed by atoms with Gasteiger partial charge in [-0.25, -0.2) is 0 Å². The molecule has 110 valence electrons. The predicted molar refractivity (Wildman–Crippen MR) is 81.0 cm³/mol. The van der Waals surface area contributed by atoms with Crippen molar-refractivity contribution in [2.45, 2.75) is 39.7 Å². The Labute approximate surface area is 120 Å². The summed E-state index contributed by atoms with van der Waals surface area (Å²) in [5, 5.41) is 0. The number of ether oxygens (including phenoxy) is 1. The molecule has 0 bridgehead atoms. The molecule has 0 fully saturated rings. The van der Waals surface area contributed by atoms with Crippen molar-refractivity contribution in [1.29, 1.82) is 0 Å². The molecule has 1 amide bonds. The van der Waals surface area contributed by atoms with Crippen LogP contribution in [0.3, 0.4) is 0 Å². The molecule has 1 unspecified atom stereocenters. The third-order valence-corrected chi connectivity index (χ3v) is 3.34. The fourth-order valence-corrected chi connectivity index (χ4v) is 2.62. The lowest BCUT2D eigenvalue weighted by Crippen LogP contribution is -2.41. The van der Waals surface area contributed by atoms with E-state index in [1.165, 1.54) is 0 Å². The van der Waals surface area contributed by atoms with Gasteiger partial charge in [0.05, 0.1) is 12.2 Å². The van der Waals surface area contributed by atoms with E-state index in [4.69, 9.17) is 10.5 Å². The summed E-state index contributed by atoms with van der Waals surface area (Å²) < 4.78 is 5.56. The SMILES string of the molecule is CC(C)(C)CC(N)CC(=O)N1CCOc2ccccc21. The number of anilines is 1. The zero-order valence-electron chi connectivity index (χ0n) is 12.6. The molecular formula is C16H24N2O2. The Kier molecular flexibility index (Phi) is 4.33. The smallest absolute Gasteiger partial charge is 0.228 e. The Morgan fingerprint density at radius 1 is 1.40 bits per heavy atom. The van der Waals surface area contributed by atoms with Crippen LogP contribution in [0.4, 0.5) is 5.69 Å². The lowest BCUT2D eigenvalue weighted by Gasteiger charge is -2.31. The highest BCUT2D eigenvalue weighted by Crippen LogP contribution is 2.31. The summed E-state index contributed by atoms with van der Waals surface area (Å²) in [5.41, 5.74) is 7.10. The number of rotatable bonds is 3. The van der Waals surface area contributed by atoms with Crippen LogP contribution < -0.4 is 15.4 Å². The topological polar surface area (TPSA) is 55.6 Å². The number of amides is 1. The minimum atomic E-state index is -0.0995. The molecule has 4 heteroatoms. The Hall–Kier alpha value is -1.55. The van der Waals surface area contributed by atoms with Gasteiger partial charge in [-0.3, -0.25) is 4.79 Å². The predicted octanol–water partition coefficient (Wildman–Crippen LogP) is 2.57. The van der Waals surface area contributed by atoms with Crippen LogP contribution in [-0.2, 0) is 4.79 Å². The molecule has 1 aromatic carbocycles. The fourth-order valence-electron chi connectivity index (χ4n) is 2.62. The molecule has 0 aliphatic carbocycles. The second kappa shape index (κ2) is 5.83. The van der Waals surface area contributed by atoms with Gasteiger partial charge in [-0.05, 0) is 24.0 Å². The molecule has 0 spiro atoms. The zero-order chi connectivity index (χ0) is 14.8. The maximum atomic E-state index is 12.4. The van der Waals surface area contributed by atoms with Gasteiger partial charge in [0.1, 0.15) is 12.4 Å². The van der Waals surface area contributed by atoms with Crippen LogP contribution in [0.2, 0.25) is 0 Å². The highest BCUT2D eigenvalue weighted by atomic mass is 16.5. The summed E-state index contributed by atoms with van der Waals surface area (Å²) in [6, 6.07) is 7.55. The summed E-state index contributed by atoms with van der Waals surface area (Å²) in [5.74, 6) is 0.856. The van der Waals surface area contributed by atoms with Crippen molar-refractivity contribution in [3.63, 3.8) is 0 Å². The average molecular weight is 276 g/mol. The van der Waals surface area contributed by atoms with E-state index in [9.17, 15) is 4.79 Å². The number of para-hydroxylation sites is 2. The highest BCUT2D eigenvalue weighted by Gasteiger charge is 2.26. The fraction of sp³-hybridized carbons (Fsp3) is 0.562. The van der Waals surface area contributed by atoms with Crippen molar-refractivity contribution in [2.75, 3.05) is 18.1 Å². The van der Waals surface area contributed by atoms with Crippen molar-refractivity contribution < 1.29 is 9.53 Å². The molecule has 0 aromatic heterocycles. The van der Waals surface area contributed by atoms with Crippen LogP contribution in [0.25, 0.3) is 0 Å². The average Bonchev–Trinajstić information content (AvgIpc) is 2.35. The number of carbonyl (C=O) groups is 1. The summed E-state index contributed by atoms with van der Waals surface area (Å²) in [7, 11) is 0. The minimum absolute atomic E-state index is 0.0810. The first-order valence-electron chi connectivity index (χ1n) is 7.14. The van der Waals surface area contributed by atoms with Gasteiger partial charge in [0.2, 0.25) is 5.91 Å². The van der Waals surface area contributed by atoms with E-state index in [-0.39, 0.29) is 17.4 Å². The maximum Gasteiger partial charge on any atom is 0.228 e. The largest absolute Gasteiger partial charge is 0.490 e. The Bertz CT molecular complexity index is 480. The first kappa shape index (κ1) is 14.9. The quantitative estimate of drug-likeness (QED) is 0.923. The van der Waals surface area contributed by atoms with Gasteiger partial charge in [-0.15, -0.1) is 0 Å². The van der Waals surface area contributed by atoms with E-state index in [2.05, 4.69) is 20.8 Å². The highest BCUT2D eigenvalue weighted by molar-refractivity contribution is 5.95. The molecule has 0 saturated heterocycles. The second-order valence-corrected chi connectivity index (χ2v) is 6.59. The molecule has 4 nitrogen and oxygen atoms in total. The Balaban J connectivity index is 2.04. The normalized spacial score (nSPS) is 16.3. The number of hydrogen-bond acceptors (Lipinski definition) is 3. The molecule has 2 rings (SSSR count). The number of nitrogens with two attached hydrogens (primary N) is 1. The third-order valence-electron chi connectivity index (χ3n) is 3.34. The molecule has 2 N–H and O–H groups in total. The molecule has 0 saturated carbocycles. The number of nitrogens with zero attached hydrogens (tertiary/aromatic N) is 1. The van der Waals surface area contributed by atoms with Gasteiger partial charge in [-0.2, -0.15) is 0 Å². The van der Waals surface area contributed by atoms with E-state index in [0.717, 1.165) is 17.9 Å². The van der Waals surface area contributed by atoms with E-state index >= 15 is 0 Å². The van der Waals surface area contributed by atoms with Crippen molar-refractivity contribution in [1.82, 2.24) is 0 Å². The Morgan fingerprint density at radius 2 is 2.10 bits per heavy atom.